The van der Waals surface area contributed by atoms with E-state index in [9.17, 15) is 4.79 Å². The van der Waals surface area contributed by atoms with Crippen LogP contribution < -0.4 is 11.3 Å². The summed E-state index contributed by atoms with van der Waals surface area (Å²) < 4.78 is 1.33. The third kappa shape index (κ3) is 1.93. The van der Waals surface area contributed by atoms with Crippen LogP contribution in [0.1, 0.15) is 0 Å². The van der Waals surface area contributed by atoms with Gasteiger partial charge < -0.3 is 5.73 Å². The number of benzene rings is 1. The fraction of sp³-hybridized carbons (Fsp3) is 0.0833. The van der Waals surface area contributed by atoms with E-state index < -0.39 is 0 Å². The van der Waals surface area contributed by atoms with Gasteiger partial charge in [-0.2, -0.15) is 0 Å². The molecule has 0 saturated carbocycles. The minimum Gasteiger partial charge on any atom is -0.383 e. The standard InChI is InChI=1S/C12H11N5OS/c1-17-12(18)8(9(13)16-17)11-15-14-10(19-11)7-5-3-2-4-6-7/h2-6,16H,13H2,1H3. The van der Waals surface area contributed by atoms with Crippen LogP contribution in [0.15, 0.2) is 35.1 Å². The van der Waals surface area contributed by atoms with E-state index in [4.69, 9.17) is 5.73 Å². The molecule has 19 heavy (non-hydrogen) atoms. The molecule has 96 valence electrons. The van der Waals surface area contributed by atoms with E-state index in [1.807, 2.05) is 30.3 Å². The van der Waals surface area contributed by atoms with Crippen molar-refractivity contribution in [3.05, 3.63) is 40.7 Å². The highest BCUT2D eigenvalue weighted by Gasteiger charge is 2.17. The summed E-state index contributed by atoms with van der Waals surface area (Å²) in [5, 5.41) is 12.2. The maximum atomic E-state index is 11.9. The van der Waals surface area contributed by atoms with Crippen molar-refractivity contribution in [3.63, 3.8) is 0 Å². The van der Waals surface area contributed by atoms with Crippen LogP contribution in [0.4, 0.5) is 5.82 Å². The summed E-state index contributed by atoms with van der Waals surface area (Å²) in [6, 6.07) is 9.69. The van der Waals surface area contributed by atoms with E-state index in [-0.39, 0.29) is 5.56 Å². The number of nitrogens with one attached hydrogen (secondary N) is 1. The Morgan fingerprint density at radius 1 is 1.21 bits per heavy atom. The summed E-state index contributed by atoms with van der Waals surface area (Å²) in [4.78, 5) is 11.9. The lowest BCUT2D eigenvalue weighted by atomic mass is 10.2. The van der Waals surface area contributed by atoms with Crippen molar-refractivity contribution in [1.82, 2.24) is 20.0 Å². The molecule has 2 aromatic heterocycles. The molecule has 3 N–H and O–H groups in total. The Morgan fingerprint density at radius 3 is 2.53 bits per heavy atom. The molecule has 0 fully saturated rings. The highest BCUT2D eigenvalue weighted by Crippen LogP contribution is 2.30. The molecule has 0 aliphatic rings. The van der Waals surface area contributed by atoms with Crippen molar-refractivity contribution in [2.75, 3.05) is 5.73 Å². The fourth-order valence-corrected chi connectivity index (χ4v) is 2.70. The first kappa shape index (κ1) is 11.7. The number of H-pyrrole nitrogens is 1. The first-order chi connectivity index (χ1) is 9.16. The molecule has 0 saturated heterocycles. The highest BCUT2D eigenvalue weighted by atomic mass is 32.1. The van der Waals surface area contributed by atoms with Crippen LogP contribution in [0.25, 0.3) is 21.1 Å². The van der Waals surface area contributed by atoms with Crippen LogP contribution in [0, 0.1) is 0 Å². The van der Waals surface area contributed by atoms with Gasteiger partial charge in [0.15, 0.2) is 5.01 Å². The van der Waals surface area contributed by atoms with E-state index in [0.29, 0.717) is 16.4 Å². The van der Waals surface area contributed by atoms with Crippen molar-refractivity contribution in [3.8, 4) is 21.1 Å². The Labute approximate surface area is 112 Å². The number of nitrogen functional groups attached to an aromatic ring is 1. The third-order valence-electron chi connectivity index (χ3n) is 2.74. The number of nitrogens with two attached hydrogens (primary N) is 1. The SMILES string of the molecule is Cn1[nH]c(N)c(-c2nnc(-c3ccccc3)s2)c1=O. The number of rotatable bonds is 2. The van der Waals surface area contributed by atoms with Crippen LogP contribution in [-0.2, 0) is 7.05 Å². The fourth-order valence-electron chi connectivity index (χ4n) is 1.80. The molecule has 0 radical (unpaired) electrons. The Hall–Kier alpha value is -2.41. The molecule has 0 aliphatic heterocycles. The first-order valence-corrected chi connectivity index (χ1v) is 6.42. The smallest absolute Gasteiger partial charge is 0.278 e. The van der Waals surface area contributed by atoms with Gasteiger partial charge in [0.05, 0.1) is 0 Å². The predicted molar refractivity (Wildman–Crippen MR) is 74.8 cm³/mol. The molecule has 0 aliphatic carbocycles. The average Bonchev–Trinajstić information content (AvgIpc) is 2.97. The molecular weight excluding hydrogens is 262 g/mol. The van der Waals surface area contributed by atoms with Crippen LogP contribution in [0.5, 0.6) is 0 Å². The summed E-state index contributed by atoms with van der Waals surface area (Å²) in [5.41, 5.74) is 6.93. The van der Waals surface area contributed by atoms with E-state index in [2.05, 4.69) is 15.3 Å². The van der Waals surface area contributed by atoms with Crippen molar-refractivity contribution in [2.45, 2.75) is 0 Å². The molecule has 7 heteroatoms. The molecule has 0 bridgehead atoms. The monoisotopic (exact) mass is 273 g/mol. The van der Waals surface area contributed by atoms with E-state index in [0.717, 1.165) is 10.6 Å². The molecular formula is C12H11N5OS. The second-order valence-electron chi connectivity index (χ2n) is 4.04. The normalized spacial score (nSPS) is 10.8. The van der Waals surface area contributed by atoms with E-state index in [1.54, 1.807) is 7.05 Å². The predicted octanol–water partition coefficient (Wildman–Crippen LogP) is 1.48. The van der Waals surface area contributed by atoms with Gasteiger partial charge in [-0.25, -0.2) is 0 Å². The molecule has 3 rings (SSSR count). The largest absolute Gasteiger partial charge is 0.383 e. The zero-order chi connectivity index (χ0) is 13.4. The van der Waals surface area contributed by atoms with Crippen LogP contribution in [0.2, 0.25) is 0 Å². The summed E-state index contributed by atoms with van der Waals surface area (Å²) in [5.74, 6) is 0.309. The van der Waals surface area contributed by atoms with Gasteiger partial charge in [0.1, 0.15) is 16.4 Å². The molecule has 0 spiro atoms. The van der Waals surface area contributed by atoms with Gasteiger partial charge >= 0.3 is 0 Å². The van der Waals surface area contributed by atoms with Gasteiger partial charge in [0.25, 0.3) is 5.56 Å². The highest BCUT2D eigenvalue weighted by molar-refractivity contribution is 7.18. The summed E-state index contributed by atoms with van der Waals surface area (Å²) in [6.07, 6.45) is 0. The van der Waals surface area contributed by atoms with Crippen molar-refractivity contribution in [1.29, 1.82) is 0 Å². The van der Waals surface area contributed by atoms with Gasteiger partial charge in [-0.1, -0.05) is 41.7 Å². The number of hydrogen-bond acceptors (Lipinski definition) is 5. The van der Waals surface area contributed by atoms with Gasteiger partial charge in [-0.15, -0.1) is 10.2 Å². The zero-order valence-electron chi connectivity index (χ0n) is 10.1. The number of nitrogens with zero attached hydrogens (tertiary/aromatic N) is 3. The number of aromatic nitrogens is 4. The second-order valence-corrected chi connectivity index (χ2v) is 5.02. The lowest BCUT2D eigenvalue weighted by molar-refractivity contribution is 0.744. The third-order valence-corrected chi connectivity index (χ3v) is 3.73. The first-order valence-electron chi connectivity index (χ1n) is 5.60. The summed E-state index contributed by atoms with van der Waals surface area (Å²) >= 11 is 1.35. The van der Waals surface area contributed by atoms with E-state index in [1.165, 1.54) is 16.0 Å². The number of anilines is 1. The van der Waals surface area contributed by atoms with Gasteiger partial charge in [0, 0.05) is 12.6 Å². The number of hydrogen-bond donors (Lipinski definition) is 2. The molecule has 0 unspecified atom stereocenters. The maximum absolute atomic E-state index is 11.9. The quantitative estimate of drug-likeness (QED) is 0.740. The number of aryl methyl sites for hydroxylation is 1. The van der Waals surface area contributed by atoms with Crippen molar-refractivity contribution < 1.29 is 0 Å². The van der Waals surface area contributed by atoms with Gasteiger partial charge in [0.2, 0.25) is 0 Å². The molecule has 3 aromatic rings. The molecule has 1 aromatic carbocycles. The lowest BCUT2D eigenvalue weighted by Crippen LogP contribution is -2.12. The lowest BCUT2D eigenvalue weighted by Gasteiger charge is -1.91. The van der Waals surface area contributed by atoms with Gasteiger partial charge in [-0.05, 0) is 0 Å². The molecule has 0 atom stereocenters. The second kappa shape index (κ2) is 4.36. The average molecular weight is 273 g/mol. The molecule has 6 nitrogen and oxygen atoms in total. The van der Waals surface area contributed by atoms with Crippen molar-refractivity contribution >= 4 is 17.2 Å². The molecule has 2 heterocycles. The Kier molecular flexibility index (Phi) is 2.68. The topological polar surface area (TPSA) is 89.6 Å². The van der Waals surface area contributed by atoms with Crippen LogP contribution in [-0.4, -0.2) is 20.0 Å². The van der Waals surface area contributed by atoms with Crippen LogP contribution in [0.3, 0.4) is 0 Å². The Morgan fingerprint density at radius 2 is 1.89 bits per heavy atom. The minimum atomic E-state index is -0.201. The minimum absolute atomic E-state index is 0.201. The van der Waals surface area contributed by atoms with E-state index >= 15 is 0 Å². The number of aromatic amines is 1. The zero-order valence-corrected chi connectivity index (χ0v) is 10.9. The maximum Gasteiger partial charge on any atom is 0.278 e. The van der Waals surface area contributed by atoms with Gasteiger partial charge in [-0.3, -0.25) is 14.6 Å². The van der Waals surface area contributed by atoms with Crippen molar-refractivity contribution in [2.24, 2.45) is 7.05 Å². The summed E-state index contributed by atoms with van der Waals surface area (Å²) in [6.45, 7) is 0. The van der Waals surface area contributed by atoms with Crippen LogP contribution >= 0.6 is 11.3 Å². The Balaban J connectivity index is 2.09. The molecule has 0 amide bonds. The summed E-state index contributed by atoms with van der Waals surface area (Å²) in [7, 11) is 1.61. The Bertz CT molecular complexity index is 771.